The molecule has 3 heteroatoms. The van der Waals surface area contributed by atoms with Gasteiger partial charge in [-0.25, -0.2) is 4.79 Å². The van der Waals surface area contributed by atoms with Gasteiger partial charge in [-0.05, 0) is 31.4 Å². The Kier molecular flexibility index (Phi) is 3.06. The normalized spacial score (nSPS) is 10.3. The molecule has 0 aliphatic carbocycles. The second-order valence-corrected chi connectivity index (χ2v) is 4.34. The fourth-order valence-corrected chi connectivity index (χ4v) is 1.69. The standard InChI is InChI=1S/C15H14O3/c1-9(2)15(17)18-14-8-12(16)7-11-5-4-10(3)6-13(11)14/h4-8,16H,1H2,2-3H3. The second-order valence-electron chi connectivity index (χ2n) is 4.34. The Morgan fingerprint density at radius 2 is 2.00 bits per heavy atom. The van der Waals surface area contributed by atoms with Gasteiger partial charge in [0.1, 0.15) is 11.5 Å². The van der Waals surface area contributed by atoms with Crippen molar-refractivity contribution in [3.05, 3.63) is 48.0 Å². The number of carbonyl (C=O) groups excluding carboxylic acids is 1. The monoisotopic (exact) mass is 242 g/mol. The Bertz CT molecular complexity index is 641. The zero-order valence-corrected chi connectivity index (χ0v) is 10.4. The summed E-state index contributed by atoms with van der Waals surface area (Å²) in [5, 5.41) is 11.2. The topological polar surface area (TPSA) is 46.5 Å². The predicted molar refractivity (Wildman–Crippen MR) is 70.8 cm³/mol. The summed E-state index contributed by atoms with van der Waals surface area (Å²) < 4.78 is 5.23. The van der Waals surface area contributed by atoms with Crippen molar-refractivity contribution in [2.45, 2.75) is 13.8 Å². The predicted octanol–water partition coefficient (Wildman–Crippen LogP) is 3.34. The first-order valence-electron chi connectivity index (χ1n) is 5.58. The molecule has 0 amide bonds. The van der Waals surface area contributed by atoms with Crippen molar-refractivity contribution in [3.8, 4) is 11.5 Å². The number of hydrogen-bond donors (Lipinski definition) is 1. The number of esters is 1. The van der Waals surface area contributed by atoms with Crippen molar-refractivity contribution in [1.29, 1.82) is 0 Å². The van der Waals surface area contributed by atoms with E-state index in [4.69, 9.17) is 4.74 Å². The smallest absolute Gasteiger partial charge is 0.338 e. The van der Waals surface area contributed by atoms with Crippen LogP contribution in [-0.4, -0.2) is 11.1 Å². The third-order valence-corrected chi connectivity index (χ3v) is 2.61. The number of aromatic hydroxyl groups is 1. The van der Waals surface area contributed by atoms with Crippen LogP contribution in [0.4, 0.5) is 0 Å². The minimum atomic E-state index is -0.497. The lowest BCUT2D eigenvalue weighted by Crippen LogP contribution is -2.08. The molecular formula is C15H14O3. The van der Waals surface area contributed by atoms with E-state index in [1.165, 1.54) is 6.07 Å². The van der Waals surface area contributed by atoms with Gasteiger partial charge in [0.25, 0.3) is 0 Å². The lowest BCUT2D eigenvalue weighted by atomic mass is 10.1. The van der Waals surface area contributed by atoms with Crippen LogP contribution in [0.1, 0.15) is 12.5 Å². The number of carbonyl (C=O) groups is 1. The molecule has 0 aliphatic heterocycles. The maximum absolute atomic E-state index is 11.5. The number of hydrogen-bond acceptors (Lipinski definition) is 3. The van der Waals surface area contributed by atoms with E-state index >= 15 is 0 Å². The van der Waals surface area contributed by atoms with Gasteiger partial charge in [-0.3, -0.25) is 0 Å². The van der Waals surface area contributed by atoms with Gasteiger partial charge in [0, 0.05) is 17.0 Å². The van der Waals surface area contributed by atoms with Crippen molar-refractivity contribution in [2.75, 3.05) is 0 Å². The summed E-state index contributed by atoms with van der Waals surface area (Å²) in [5.41, 5.74) is 1.37. The molecule has 2 aromatic rings. The molecule has 0 atom stereocenters. The van der Waals surface area contributed by atoms with Crippen LogP contribution in [0.3, 0.4) is 0 Å². The van der Waals surface area contributed by atoms with Crippen LogP contribution >= 0.6 is 0 Å². The van der Waals surface area contributed by atoms with E-state index in [1.54, 1.807) is 13.0 Å². The molecule has 0 saturated carbocycles. The molecule has 18 heavy (non-hydrogen) atoms. The molecule has 2 rings (SSSR count). The van der Waals surface area contributed by atoms with Crippen molar-refractivity contribution in [3.63, 3.8) is 0 Å². The first-order chi connectivity index (χ1) is 8.47. The van der Waals surface area contributed by atoms with Crippen LogP contribution in [0.15, 0.2) is 42.5 Å². The van der Waals surface area contributed by atoms with Crippen molar-refractivity contribution < 1.29 is 14.6 Å². The molecule has 2 aromatic carbocycles. The van der Waals surface area contributed by atoms with E-state index in [2.05, 4.69) is 6.58 Å². The van der Waals surface area contributed by atoms with Crippen LogP contribution in [0.25, 0.3) is 10.8 Å². The van der Waals surface area contributed by atoms with E-state index in [1.807, 2.05) is 25.1 Å². The van der Waals surface area contributed by atoms with Gasteiger partial charge in [0.15, 0.2) is 0 Å². The third-order valence-electron chi connectivity index (χ3n) is 2.61. The number of benzene rings is 2. The first-order valence-corrected chi connectivity index (χ1v) is 5.58. The van der Waals surface area contributed by atoms with Crippen molar-refractivity contribution in [1.82, 2.24) is 0 Å². The van der Waals surface area contributed by atoms with E-state index < -0.39 is 5.97 Å². The molecule has 0 radical (unpaired) electrons. The lowest BCUT2D eigenvalue weighted by molar-refractivity contribution is -0.129. The van der Waals surface area contributed by atoms with Crippen molar-refractivity contribution >= 4 is 16.7 Å². The molecule has 0 unspecified atom stereocenters. The van der Waals surface area contributed by atoms with E-state index in [-0.39, 0.29) is 5.75 Å². The van der Waals surface area contributed by atoms with Crippen molar-refractivity contribution in [2.24, 2.45) is 0 Å². The number of phenolic OH excluding ortho intramolecular Hbond substituents is 1. The van der Waals surface area contributed by atoms with E-state index in [0.717, 1.165) is 16.3 Å². The fraction of sp³-hybridized carbons (Fsp3) is 0.133. The average molecular weight is 242 g/mol. The summed E-state index contributed by atoms with van der Waals surface area (Å²) in [5.74, 6) is -0.0824. The van der Waals surface area contributed by atoms with Gasteiger partial charge >= 0.3 is 5.97 Å². The fourth-order valence-electron chi connectivity index (χ4n) is 1.69. The van der Waals surface area contributed by atoms with Crippen LogP contribution in [0.2, 0.25) is 0 Å². The average Bonchev–Trinajstić information content (AvgIpc) is 2.29. The lowest BCUT2D eigenvalue weighted by Gasteiger charge is -2.09. The van der Waals surface area contributed by atoms with Gasteiger partial charge in [0.2, 0.25) is 0 Å². The number of fused-ring (bicyclic) bond motifs is 1. The molecule has 92 valence electrons. The van der Waals surface area contributed by atoms with Gasteiger partial charge < -0.3 is 9.84 Å². The van der Waals surface area contributed by atoms with Gasteiger partial charge in [-0.1, -0.05) is 24.3 Å². The first kappa shape index (κ1) is 12.2. The Morgan fingerprint density at radius 1 is 1.28 bits per heavy atom. The van der Waals surface area contributed by atoms with Crippen LogP contribution < -0.4 is 4.74 Å². The highest BCUT2D eigenvalue weighted by molar-refractivity contribution is 5.95. The van der Waals surface area contributed by atoms with Crippen LogP contribution in [0.5, 0.6) is 11.5 Å². The summed E-state index contributed by atoms with van der Waals surface area (Å²) in [7, 11) is 0. The summed E-state index contributed by atoms with van der Waals surface area (Å²) >= 11 is 0. The molecule has 1 N–H and O–H groups in total. The largest absolute Gasteiger partial charge is 0.508 e. The number of rotatable bonds is 2. The molecule has 3 nitrogen and oxygen atoms in total. The number of aryl methyl sites for hydroxylation is 1. The minimum Gasteiger partial charge on any atom is -0.508 e. The minimum absolute atomic E-state index is 0.0656. The highest BCUT2D eigenvalue weighted by Gasteiger charge is 2.10. The number of phenols is 1. The Balaban J connectivity index is 2.57. The second kappa shape index (κ2) is 4.53. The molecule has 0 heterocycles. The molecule has 0 fully saturated rings. The van der Waals surface area contributed by atoms with E-state index in [0.29, 0.717) is 11.3 Å². The molecule has 0 aromatic heterocycles. The third kappa shape index (κ3) is 2.35. The summed E-state index contributed by atoms with van der Waals surface area (Å²) in [4.78, 5) is 11.5. The molecule has 0 saturated heterocycles. The number of ether oxygens (including phenoxy) is 1. The van der Waals surface area contributed by atoms with Gasteiger partial charge in [-0.15, -0.1) is 0 Å². The van der Waals surface area contributed by atoms with Gasteiger partial charge in [-0.2, -0.15) is 0 Å². The summed E-state index contributed by atoms with van der Waals surface area (Å²) in [6.45, 7) is 7.07. The van der Waals surface area contributed by atoms with Crippen LogP contribution in [0, 0.1) is 6.92 Å². The summed E-state index contributed by atoms with van der Waals surface area (Å²) in [6.07, 6.45) is 0. The Morgan fingerprint density at radius 3 is 2.67 bits per heavy atom. The molecule has 0 spiro atoms. The Labute approximate surface area is 105 Å². The van der Waals surface area contributed by atoms with Crippen LogP contribution in [-0.2, 0) is 4.79 Å². The highest BCUT2D eigenvalue weighted by Crippen LogP contribution is 2.31. The van der Waals surface area contributed by atoms with Gasteiger partial charge in [0.05, 0.1) is 0 Å². The maximum Gasteiger partial charge on any atom is 0.338 e. The highest BCUT2D eigenvalue weighted by atomic mass is 16.5. The zero-order valence-electron chi connectivity index (χ0n) is 10.4. The quantitative estimate of drug-likeness (QED) is 0.499. The van der Waals surface area contributed by atoms with E-state index in [9.17, 15) is 9.90 Å². The molecular weight excluding hydrogens is 228 g/mol. The molecule has 0 aliphatic rings. The summed E-state index contributed by atoms with van der Waals surface area (Å²) in [6, 6.07) is 8.79. The maximum atomic E-state index is 11.5. The zero-order chi connectivity index (χ0) is 13.3. The Hall–Kier alpha value is -2.29. The molecule has 0 bridgehead atoms. The SMILES string of the molecule is C=C(C)C(=O)Oc1cc(O)cc2ccc(C)cc12.